The van der Waals surface area contributed by atoms with E-state index in [1.165, 1.54) is 24.1 Å². The van der Waals surface area contributed by atoms with Gasteiger partial charge in [-0.3, -0.25) is 14.3 Å². The first-order chi connectivity index (χ1) is 16.0. The number of carbonyl (C=O) groups is 2. The highest BCUT2D eigenvalue weighted by Gasteiger charge is 2.26. The van der Waals surface area contributed by atoms with E-state index in [2.05, 4.69) is 33.1 Å². The predicted octanol–water partition coefficient (Wildman–Crippen LogP) is 3.05. The summed E-state index contributed by atoms with van der Waals surface area (Å²) in [5.74, 6) is 0.862. The molecule has 0 unspecified atom stereocenters. The van der Waals surface area contributed by atoms with Gasteiger partial charge in [0.25, 0.3) is 5.91 Å². The van der Waals surface area contributed by atoms with Gasteiger partial charge in [-0.25, -0.2) is 0 Å². The molecule has 3 heterocycles. The zero-order valence-corrected chi connectivity index (χ0v) is 19.3. The molecule has 1 aliphatic carbocycles. The minimum atomic E-state index is 0.00873. The number of amides is 2. The van der Waals surface area contributed by atoms with E-state index in [4.69, 9.17) is 0 Å². The van der Waals surface area contributed by atoms with Crippen LogP contribution in [0.25, 0.3) is 16.5 Å². The van der Waals surface area contributed by atoms with Gasteiger partial charge in [-0.15, -0.1) is 5.10 Å². The lowest BCUT2D eigenvalue weighted by Gasteiger charge is -2.28. The monoisotopic (exact) mass is 446 g/mol. The third-order valence-electron chi connectivity index (χ3n) is 6.55. The van der Waals surface area contributed by atoms with E-state index in [-0.39, 0.29) is 11.8 Å². The van der Waals surface area contributed by atoms with Crippen LogP contribution in [0, 0.1) is 5.92 Å². The summed E-state index contributed by atoms with van der Waals surface area (Å²) in [5, 5.41) is 8.83. The molecular formula is C25H30N6O2. The number of aromatic nitrogens is 4. The van der Waals surface area contributed by atoms with E-state index in [0.717, 1.165) is 30.4 Å². The molecular weight excluding hydrogens is 416 g/mol. The number of fused-ring (bicyclic) bond motifs is 1. The van der Waals surface area contributed by atoms with Gasteiger partial charge in [0.05, 0.1) is 12.7 Å². The van der Waals surface area contributed by atoms with Crippen molar-refractivity contribution >= 4 is 28.3 Å². The van der Waals surface area contributed by atoms with Crippen LogP contribution in [0.1, 0.15) is 41.7 Å². The van der Waals surface area contributed by atoms with Crippen molar-refractivity contribution in [3.63, 3.8) is 0 Å². The molecule has 1 saturated carbocycles. The van der Waals surface area contributed by atoms with Gasteiger partial charge in [-0.05, 0) is 55.0 Å². The second kappa shape index (κ2) is 8.84. The van der Waals surface area contributed by atoms with E-state index >= 15 is 0 Å². The first-order valence-electron chi connectivity index (χ1n) is 11.7. The first-order valence-corrected chi connectivity index (χ1v) is 11.7. The van der Waals surface area contributed by atoms with Crippen molar-refractivity contribution in [3.05, 3.63) is 54.0 Å². The Morgan fingerprint density at radius 3 is 2.76 bits per heavy atom. The molecule has 33 heavy (non-hydrogen) atoms. The number of hydrogen-bond acceptors (Lipinski definition) is 4. The fourth-order valence-electron chi connectivity index (χ4n) is 4.55. The van der Waals surface area contributed by atoms with Crippen LogP contribution in [0.4, 0.5) is 0 Å². The van der Waals surface area contributed by atoms with E-state index < -0.39 is 0 Å². The molecule has 2 amide bonds. The molecule has 1 aliphatic heterocycles. The lowest BCUT2D eigenvalue weighted by atomic mass is 10.1. The second-order valence-corrected chi connectivity index (χ2v) is 9.31. The zero-order valence-electron chi connectivity index (χ0n) is 19.3. The maximum absolute atomic E-state index is 12.9. The first kappa shape index (κ1) is 21.4. The summed E-state index contributed by atoms with van der Waals surface area (Å²) in [6.45, 7) is 2.88. The smallest absolute Gasteiger partial charge is 0.253 e. The van der Waals surface area contributed by atoms with Crippen molar-refractivity contribution in [2.24, 2.45) is 5.92 Å². The number of benzene rings is 1. The zero-order chi connectivity index (χ0) is 22.9. The lowest BCUT2D eigenvalue weighted by Crippen LogP contribution is -2.36. The Bertz CT molecular complexity index is 1200. The summed E-state index contributed by atoms with van der Waals surface area (Å²) in [4.78, 5) is 28.9. The van der Waals surface area contributed by atoms with Crippen LogP contribution in [0.5, 0.6) is 0 Å². The fourth-order valence-corrected chi connectivity index (χ4v) is 4.55. The van der Waals surface area contributed by atoms with Crippen molar-refractivity contribution in [2.45, 2.75) is 38.8 Å². The molecule has 0 radical (unpaired) electrons. The van der Waals surface area contributed by atoms with Crippen LogP contribution in [0.2, 0.25) is 0 Å². The SMILES string of the molecule is CN(C)C(=O)c1ccc2c(c1)cc(C1=CCCN(C(=O)CCn3ccnn3)C1)n2CC1CC1. The highest BCUT2D eigenvalue weighted by Crippen LogP contribution is 2.36. The van der Waals surface area contributed by atoms with Gasteiger partial charge in [-0.1, -0.05) is 11.3 Å². The standard InChI is InChI=1S/C25H30N6O2/c1-28(2)25(33)19-7-8-22-21(14-19)15-23(31(22)16-18-5-6-18)20-4-3-11-29(17-20)24(32)9-12-30-13-10-26-27-30/h4,7-8,10,13-15,18H,3,5-6,9,11-12,16-17H2,1-2H3. The highest BCUT2D eigenvalue weighted by atomic mass is 16.2. The summed E-state index contributed by atoms with van der Waals surface area (Å²) in [6, 6.07) is 8.18. The summed E-state index contributed by atoms with van der Waals surface area (Å²) >= 11 is 0. The van der Waals surface area contributed by atoms with E-state index in [0.29, 0.717) is 31.0 Å². The molecule has 1 fully saturated rings. The maximum Gasteiger partial charge on any atom is 0.253 e. The van der Waals surface area contributed by atoms with Gasteiger partial charge in [-0.2, -0.15) is 0 Å². The molecule has 172 valence electrons. The van der Waals surface area contributed by atoms with Crippen molar-refractivity contribution in [1.82, 2.24) is 29.4 Å². The Labute approximate surface area is 193 Å². The lowest BCUT2D eigenvalue weighted by molar-refractivity contribution is -0.131. The number of rotatable bonds is 7. The minimum Gasteiger partial charge on any atom is -0.345 e. The Kier molecular flexibility index (Phi) is 5.74. The van der Waals surface area contributed by atoms with E-state index in [9.17, 15) is 9.59 Å². The van der Waals surface area contributed by atoms with Crippen LogP contribution in [-0.4, -0.2) is 68.4 Å². The van der Waals surface area contributed by atoms with Crippen molar-refractivity contribution in [3.8, 4) is 0 Å². The average Bonchev–Trinajstić information content (AvgIpc) is 3.35. The Morgan fingerprint density at radius 2 is 2.03 bits per heavy atom. The number of nitrogens with zero attached hydrogens (tertiary/aromatic N) is 6. The molecule has 0 N–H and O–H groups in total. The number of aryl methyl sites for hydroxylation is 1. The van der Waals surface area contributed by atoms with Gasteiger partial charge < -0.3 is 14.4 Å². The predicted molar refractivity (Wildman–Crippen MR) is 126 cm³/mol. The Morgan fingerprint density at radius 1 is 1.18 bits per heavy atom. The molecule has 0 bridgehead atoms. The van der Waals surface area contributed by atoms with E-state index in [1.807, 2.05) is 17.0 Å². The van der Waals surface area contributed by atoms with Crippen molar-refractivity contribution in [2.75, 3.05) is 27.2 Å². The van der Waals surface area contributed by atoms with Crippen molar-refractivity contribution in [1.29, 1.82) is 0 Å². The quantitative estimate of drug-likeness (QED) is 0.559. The topological polar surface area (TPSA) is 76.3 Å². The molecule has 5 rings (SSSR count). The summed E-state index contributed by atoms with van der Waals surface area (Å²) < 4.78 is 4.09. The number of hydrogen-bond donors (Lipinski definition) is 0. The van der Waals surface area contributed by atoms with Crippen LogP contribution in [-0.2, 0) is 17.9 Å². The molecule has 3 aromatic rings. The molecule has 0 atom stereocenters. The van der Waals surface area contributed by atoms with Gasteiger partial charge in [0.1, 0.15) is 0 Å². The van der Waals surface area contributed by atoms with Gasteiger partial charge in [0, 0.05) is 68.5 Å². The van der Waals surface area contributed by atoms with Crippen LogP contribution < -0.4 is 0 Å². The molecule has 2 aromatic heterocycles. The van der Waals surface area contributed by atoms with Crippen LogP contribution >= 0.6 is 0 Å². The molecule has 0 saturated heterocycles. The normalized spacial score (nSPS) is 16.2. The molecule has 2 aliphatic rings. The summed E-state index contributed by atoms with van der Waals surface area (Å²) in [7, 11) is 3.55. The highest BCUT2D eigenvalue weighted by molar-refractivity contribution is 5.99. The second-order valence-electron chi connectivity index (χ2n) is 9.31. The van der Waals surface area contributed by atoms with Gasteiger partial charge in [0.15, 0.2) is 0 Å². The van der Waals surface area contributed by atoms with Gasteiger partial charge in [0.2, 0.25) is 5.91 Å². The van der Waals surface area contributed by atoms with E-state index in [1.54, 1.807) is 36.1 Å². The Hall–Kier alpha value is -3.42. The third-order valence-corrected chi connectivity index (χ3v) is 6.55. The largest absolute Gasteiger partial charge is 0.345 e. The summed E-state index contributed by atoms with van der Waals surface area (Å²) in [5.41, 5.74) is 4.21. The van der Waals surface area contributed by atoms with Crippen LogP contribution in [0.3, 0.4) is 0 Å². The molecule has 8 nitrogen and oxygen atoms in total. The molecule has 1 aromatic carbocycles. The summed E-state index contributed by atoms with van der Waals surface area (Å²) in [6.07, 6.45) is 9.47. The van der Waals surface area contributed by atoms with Crippen molar-refractivity contribution < 1.29 is 9.59 Å². The fraction of sp³-hybridized carbons (Fsp3) is 0.440. The molecule has 0 spiro atoms. The number of carbonyl (C=O) groups excluding carboxylic acids is 2. The Balaban J connectivity index is 1.40. The van der Waals surface area contributed by atoms with Crippen LogP contribution in [0.15, 0.2) is 42.7 Å². The molecule has 8 heteroatoms. The maximum atomic E-state index is 12.9. The van der Waals surface area contributed by atoms with Gasteiger partial charge >= 0.3 is 0 Å². The minimum absolute atomic E-state index is 0.00873. The third kappa shape index (κ3) is 4.55. The average molecular weight is 447 g/mol.